The van der Waals surface area contributed by atoms with Crippen LogP contribution in [0.25, 0.3) is 0 Å². The second kappa shape index (κ2) is 4.97. The predicted octanol–water partition coefficient (Wildman–Crippen LogP) is 2.13. The number of hydrogen-bond acceptors (Lipinski definition) is 3. The SMILES string of the molecule is COC(=O)C(O)C(C)(C)CC1CCCC1. The molecule has 0 heterocycles. The highest BCUT2D eigenvalue weighted by molar-refractivity contribution is 5.75. The molecule has 15 heavy (non-hydrogen) atoms. The van der Waals surface area contributed by atoms with E-state index in [0.717, 1.165) is 6.42 Å². The van der Waals surface area contributed by atoms with Gasteiger partial charge < -0.3 is 9.84 Å². The minimum absolute atomic E-state index is 0.373. The van der Waals surface area contributed by atoms with E-state index in [2.05, 4.69) is 4.74 Å². The lowest BCUT2D eigenvalue weighted by Crippen LogP contribution is -2.38. The van der Waals surface area contributed by atoms with Crippen LogP contribution in [0.2, 0.25) is 0 Å². The van der Waals surface area contributed by atoms with Gasteiger partial charge >= 0.3 is 5.97 Å². The van der Waals surface area contributed by atoms with E-state index in [1.807, 2.05) is 13.8 Å². The van der Waals surface area contributed by atoms with E-state index in [1.54, 1.807) is 0 Å². The zero-order valence-electron chi connectivity index (χ0n) is 9.95. The van der Waals surface area contributed by atoms with Crippen molar-refractivity contribution >= 4 is 5.97 Å². The quantitative estimate of drug-likeness (QED) is 0.729. The molecule has 3 heteroatoms. The Morgan fingerprint density at radius 1 is 1.47 bits per heavy atom. The summed E-state index contributed by atoms with van der Waals surface area (Å²) in [5.74, 6) is 0.150. The molecule has 1 rings (SSSR count). The zero-order chi connectivity index (χ0) is 11.5. The Hall–Kier alpha value is -0.570. The number of carbonyl (C=O) groups excluding carboxylic acids is 1. The molecule has 1 aliphatic carbocycles. The van der Waals surface area contributed by atoms with Crippen LogP contribution in [0.3, 0.4) is 0 Å². The third-order valence-corrected chi connectivity index (χ3v) is 3.45. The van der Waals surface area contributed by atoms with Crippen LogP contribution in [-0.2, 0) is 9.53 Å². The van der Waals surface area contributed by atoms with Crippen molar-refractivity contribution < 1.29 is 14.6 Å². The van der Waals surface area contributed by atoms with Crippen molar-refractivity contribution in [2.24, 2.45) is 11.3 Å². The average Bonchev–Trinajstić information content (AvgIpc) is 2.67. The molecule has 0 spiro atoms. The zero-order valence-corrected chi connectivity index (χ0v) is 9.95. The first-order chi connectivity index (χ1) is 6.97. The third-order valence-electron chi connectivity index (χ3n) is 3.45. The predicted molar refractivity (Wildman–Crippen MR) is 58.4 cm³/mol. The molecule has 0 saturated heterocycles. The van der Waals surface area contributed by atoms with E-state index in [0.29, 0.717) is 5.92 Å². The number of carbonyl (C=O) groups is 1. The summed E-state index contributed by atoms with van der Waals surface area (Å²) >= 11 is 0. The van der Waals surface area contributed by atoms with Crippen LogP contribution < -0.4 is 0 Å². The molecule has 1 atom stereocenters. The lowest BCUT2D eigenvalue weighted by Gasteiger charge is -2.31. The molecule has 1 N–H and O–H groups in total. The van der Waals surface area contributed by atoms with Gasteiger partial charge in [-0.2, -0.15) is 0 Å². The van der Waals surface area contributed by atoms with Gasteiger partial charge in [-0.1, -0.05) is 39.5 Å². The van der Waals surface area contributed by atoms with Crippen LogP contribution in [0.15, 0.2) is 0 Å². The third kappa shape index (κ3) is 3.20. The first-order valence-corrected chi connectivity index (χ1v) is 5.73. The van der Waals surface area contributed by atoms with Gasteiger partial charge in [0.15, 0.2) is 6.10 Å². The van der Waals surface area contributed by atoms with Crippen molar-refractivity contribution in [2.75, 3.05) is 7.11 Å². The molecule has 3 nitrogen and oxygen atoms in total. The molecule has 1 aliphatic rings. The van der Waals surface area contributed by atoms with Gasteiger partial charge in [-0.05, 0) is 12.3 Å². The van der Waals surface area contributed by atoms with Crippen LogP contribution in [0, 0.1) is 11.3 Å². The van der Waals surface area contributed by atoms with Crippen molar-refractivity contribution in [1.29, 1.82) is 0 Å². The van der Waals surface area contributed by atoms with Gasteiger partial charge in [-0.25, -0.2) is 4.79 Å². The lowest BCUT2D eigenvalue weighted by molar-refractivity contribution is -0.157. The molecular formula is C12H22O3. The summed E-state index contributed by atoms with van der Waals surface area (Å²) in [7, 11) is 1.32. The summed E-state index contributed by atoms with van der Waals surface area (Å²) in [4.78, 5) is 11.3. The first kappa shape index (κ1) is 12.5. The fraction of sp³-hybridized carbons (Fsp3) is 0.917. The Morgan fingerprint density at radius 3 is 2.47 bits per heavy atom. The standard InChI is InChI=1S/C12H22O3/c1-12(2,10(13)11(14)15-3)8-9-6-4-5-7-9/h9-10,13H,4-8H2,1-3H3. The number of methoxy groups -OCH3 is 1. The number of ether oxygens (including phenoxy) is 1. The summed E-state index contributed by atoms with van der Waals surface area (Å²) in [6.45, 7) is 3.87. The molecule has 0 amide bonds. The molecule has 0 aliphatic heterocycles. The lowest BCUT2D eigenvalue weighted by atomic mass is 9.77. The Morgan fingerprint density at radius 2 is 2.00 bits per heavy atom. The molecule has 1 saturated carbocycles. The molecule has 1 unspecified atom stereocenters. The second-order valence-electron chi connectivity index (χ2n) is 5.27. The average molecular weight is 214 g/mol. The molecular weight excluding hydrogens is 192 g/mol. The normalized spacial score (nSPS) is 20.3. The van der Waals surface area contributed by atoms with Gasteiger partial charge in [0.2, 0.25) is 0 Å². The van der Waals surface area contributed by atoms with Crippen LogP contribution in [0.4, 0.5) is 0 Å². The molecule has 0 aromatic rings. The number of rotatable bonds is 4. The maximum atomic E-state index is 11.3. The number of aliphatic hydroxyl groups is 1. The van der Waals surface area contributed by atoms with Gasteiger partial charge in [0.05, 0.1) is 7.11 Å². The van der Waals surface area contributed by atoms with E-state index in [1.165, 1.54) is 32.8 Å². The number of aliphatic hydroxyl groups excluding tert-OH is 1. The number of hydrogen-bond donors (Lipinski definition) is 1. The van der Waals surface area contributed by atoms with E-state index < -0.39 is 12.1 Å². The minimum Gasteiger partial charge on any atom is -0.467 e. The van der Waals surface area contributed by atoms with Crippen molar-refractivity contribution in [1.82, 2.24) is 0 Å². The van der Waals surface area contributed by atoms with E-state index in [-0.39, 0.29) is 5.41 Å². The molecule has 0 radical (unpaired) electrons. The smallest absolute Gasteiger partial charge is 0.335 e. The summed E-state index contributed by atoms with van der Waals surface area (Å²) in [5.41, 5.74) is -0.373. The molecule has 0 aromatic heterocycles. The van der Waals surface area contributed by atoms with Gasteiger partial charge in [0.1, 0.15) is 0 Å². The first-order valence-electron chi connectivity index (χ1n) is 5.73. The maximum absolute atomic E-state index is 11.3. The Balaban J connectivity index is 2.52. The maximum Gasteiger partial charge on any atom is 0.335 e. The van der Waals surface area contributed by atoms with Crippen LogP contribution in [0.5, 0.6) is 0 Å². The highest BCUT2D eigenvalue weighted by Crippen LogP contribution is 2.37. The summed E-state index contributed by atoms with van der Waals surface area (Å²) in [5, 5.41) is 9.83. The Kier molecular flexibility index (Phi) is 4.14. The Bertz CT molecular complexity index is 217. The van der Waals surface area contributed by atoms with Crippen LogP contribution in [-0.4, -0.2) is 24.3 Å². The van der Waals surface area contributed by atoms with Crippen molar-refractivity contribution in [3.63, 3.8) is 0 Å². The van der Waals surface area contributed by atoms with Gasteiger partial charge in [0.25, 0.3) is 0 Å². The molecule has 0 aromatic carbocycles. The topological polar surface area (TPSA) is 46.5 Å². The van der Waals surface area contributed by atoms with Crippen LogP contribution in [0.1, 0.15) is 46.0 Å². The van der Waals surface area contributed by atoms with Crippen molar-refractivity contribution in [2.45, 2.75) is 52.1 Å². The highest BCUT2D eigenvalue weighted by atomic mass is 16.5. The molecule has 1 fully saturated rings. The highest BCUT2D eigenvalue weighted by Gasteiger charge is 2.36. The fourth-order valence-electron chi connectivity index (χ4n) is 2.50. The van der Waals surface area contributed by atoms with Gasteiger partial charge in [-0.3, -0.25) is 0 Å². The molecule has 88 valence electrons. The summed E-state index contributed by atoms with van der Waals surface area (Å²) < 4.78 is 4.57. The monoisotopic (exact) mass is 214 g/mol. The minimum atomic E-state index is -0.997. The second-order valence-corrected chi connectivity index (χ2v) is 5.27. The summed E-state index contributed by atoms with van der Waals surface area (Å²) in [6, 6.07) is 0. The van der Waals surface area contributed by atoms with E-state index in [9.17, 15) is 9.90 Å². The van der Waals surface area contributed by atoms with Gasteiger partial charge in [0, 0.05) is 5.41 Å². The van der Waals surface area contributed by atoms with Crippen molar-refractivity contribution in [3.8, 4) is 0 Å². The molecule has 0 bridgehead atoms. The van der Waals surface area contributed by atoms with E-state index >= 15 is 0 Å². The number of esters is 1. The van der Waals surface area contributed by atoms with E-state index in [4.69, 9.17) is 0 Å². The fourth-order valence-corrected chi connectivity index (χ4v) is 2.50. The van der Waals surface area contributed by atoms with Gasteiger partial charge in [-0.15, -0.1) is 0 Å². The largest absolute Gasteiger partial charge is 0.467 e. The Labute approximate surface area is 91.8 Å². The summed E-state index contributed by atoms with van der Waals surface area (Å²) in [6.07, 6.45) is 4.95. The van der Waals surface area contributed by atoms with Crippen LogP contribution >= 0.6 is 0 Å². The van der Waals surface area contributed by atoms with Crippen molar-refractivity contribution in [3.05, 3.63) is 0 Å².